The standard InChI is InChI=1S/C33H26N4O4S3/c1-2-39-25-18-19-26-28(20-25)43-32(36-26)44-40-30(38)29(27-21-42-31(34)35-27)37-41-33(22-12-6-3-7-13-22,23-14-8-4-9-15-23)24-16-10-5-11-17-24/h3-21H,2H2,1H3,(H2,34,35)/b37-29-. The van der Waals surface area contributed by atoms with E-state index in [4.69, 9.17) is 19.5 Å². The Kier molecular flexibility index (Phi) is 8.87. The number of benzene rings is 4. The first-order valence-corrected chi connectivity index (χ1v) is 16.1. The Morgan fingerprint density at radius 1 is 0.886 bits per heavy atom. The topological polar surface area (TPSA) is 109 Å². The first kappa shape index (κ1) is 29.4. The van der Waals surface area contributed by atoms with E-state index in [0.717, 1.165) is 44.7 Å². The van der Waals surface area contributed by atoms with Crippen LogP contribution in [0.2, 0.25) is 0 Å². The van der Waals surface area contributed by atoms with Crippen molar-refractivity contribution < 1.29 is 18.6 Å². The van der Waals surface area contributed by atoms with Crippen LogP contribution in [0.3, 0.4) is 0 Å². The summed E-state index contributed by atoms with van der Waals surface area (Å²) in [5.41, 5.74) is 8.11. The fraction of sp³-hybridized carbons (Fsp3) is 0.0909. The van der Waals surface area contributed by atoms with Gasteiger partial charge < -0.3 is 19.5 Å². The number of thiazole rings is 2. The van der Waals surface area contributed by atoms with E-state index in [1.54, 1.807) is 5.38 Å². The van der Waals surface area contributed by atoms with E-state index in [2.05, 4.69) is 15.1 Å². The van der Waals surface area contributed by atoms with Crippen LogP contribution in [0.15, 0.2) is 124 Å². The fourth-order valence-electron chi connectivity index (χ4n) is 4.66. The number of nitrogens with zero attached hydrogens (tertiary/aromatic N) is 3. The molecule has 6 rings (SSSR count). The average molecular weight is 639 g/mol. The minimum Gasteiger partial charge on any atom is -0.494 e. The first-order chi connectivity index (χ1) is 21.6. The molecule has 2 aromatic heterocycles. The second-order valence-corrected chi connectivity index (χ2v) is 12.3. The summed E-state index contributed by atoms with van der Waals surface area (Å²) in [5, 5.41) is 6.41. The van der Waals surface area contributed by atoms with Crippen molar-refractivity contribution in [3.05, 3.63) is 137 Å². The number of oxime groups is 1. The fourth-order valence-corrected chi connectivity index (χ4v) is 6.81. The second-order valence-electron chi connectivity index (χ2n) is 9.38. The maximum absolute atomic E-state index is 13.6. The zero-order chi connectivity index (χ0) is 30.4. The number of ether oxygens (including phenoxy) is 1. The van der Waals surface area contributed by atoms with Crippen LogP contribution in [0, 0.1) is 0 Å². The number of aromatic nitrogens is 2. The molecule has 6 aromatic rings. The molecule has 0 aliphatic carbocycles. The molecule has 0 radical (unpaired) electrons. The van der Waals surface area contributed by atoms with Gasteiger partial charge in [-0.15, -0.1) is 22.7 Å². The lowest BCUT2D eigenvalue weighted by Crippen LogP contribution is -2.32. The van der Waals surface area contributed by atoms with Crippen LogP contribution in [-0.2, 0) is 19.4 Å². The van der Waals surface area contributed by atoms with Crippen molar-refractivity contribution in [1.82, 2.24) is 9.97 Å². The molecule has 2 heterocycles. The molecule has 8 nitrogen and oxygen atoms in total. The zero-order valence-corrected chi connectivity index (χ0v) is 25.9. The molecule has 2 N–H and O–H groups in total. The van der Waals surface area contributed by atoms with Crippen LogP contribution < -0.4 is 10.5 Å². The molecule has 0 aliphatic rings. The molecule has 220 valence electrons. The van der Waals surface area contributed by atoms with E-state index in [1.165, 1.54) is 22.7 Å². The average Bonchev–Trinajstić information content (AvgIpc) is 3.69. The van der Waals surface area contributed by atoms with Crippen molar-refractivity contribution >= 4 is 61.7 Å². The van der Waals surface area contributed by atoms with Crippen molar-refractivity contribution in [3.8, 4) is 5.75 Å². The quantitative estimate of drug-likeness (QED) is 0.0666. The predicted molar refractivity (Wildman–Crippen MR) is 176 cm³/mol. The molecule has 4 aromatic carbocycles. The number of rotatable bonds is 11. The monoisotopic (exact) mass is 638 g/mol. The van der Waals surface area contributed by atoms with Crippen LogP contribution in [-0.4, -0.2) is 28.3 Å². The molecule has 0 spiro atoms. The van der Waals surface area contributed by atoms with E-state index in [1.807, 2.05) is 116 Å². The summed E-state index contributed by atoms with van der Waals surface area (Å²) < 4.78 is 12.7. The molecule has 11 heteroatoms. The summed E-state index contributed by atoms with van der Waals surface area (Å²) in [7, 11) is 0. The predicted octanol–water partition coefficient (Wildman–Crippen LogP) is 7.70. The Labute approximate surface area is 266 Å². The first-order valence-electron chi connectivity index (χ1n) is 13.6. The van der Waals surface area contributed by atoms with Gasteiger partial charge in [0.1, 0.15) is 23.5 Å². The lowest BCUT2D eigenvalue weighted by molar-refractivity contribution is -0.126. The Bertz CT molecular complexity index is 1800. The summed E-state index contributed by atoms with van der Waals surface area (Å²) in [6.45, 7) is 2.50. The molecule has 0 saturated heterocycles. The number of hydrogen-bond acceptors (Lipinski definition) is 11. The summed E-state index contributed by atoms with van der Waals surface area (Å²) in [5.74, 6) is 0.00117. The molecule has 0 unspecified atom stereocenters. The number of carbonyl (C=O) groups is 1. The van der Waals surface area contributed by atoms with Gasteiger partial charge in [0, 0.05) is 22.1 Å². The summed E-state index contributed by atoms with van der Waals surface area (Å²) in [6.07, 6.45) is 0. The highest BCUT2D eigenvalue weighted by Crippen LogP contribution is 2.41. The minimum absolute atomic E-state index is 0.127. The van der Waals surface area contributed by atoms with Crippen LogP contribution in [0.4, 0.5) is 5.13 Å². The summed E-state index contributed by atoms with van der Waals surface area (Å²) >= 11 is 3.43. The molecule has 44 heavy (non-hydrogen) atoms. The smallest absolute Gasteiger partial charge is 0.375 e. The highest BCUT2D eigenvalue weighted by Gasteiger charge is 2.40. The van der Waals surface area contributed by atoms with E-state index in [-0.39, 0.29) is 16.5 Å². The Morgan fingerprint density at radius 2 is 1.50 bits per heavy atom. The number of anilines is 1. The summed E-state index contributed by atoms with van der Waals surface area (Å²) in [4.78, 5) is 29.1. The Hall–Kier alpha value is -4.71. The molecule has 0 aliphatic heterocycles. The van der Waals surface area contributed by atoms with E-state index in [9.17, 15) is 4.79 Å². The number of hydrogen-bond donors (Lipinski definition) is 1. The van der Waals surface area contributed by atoms with Crippen molar-refractivity contribution in [2.24, 2.45) is 5.16 Å². The Balaban J connectivity index is 1.37. The highest BCUT2D eigenvalue weighted by atomic mass is 32.2. The van der Waals surface area contributed by atoms with Gasteiger partial charge >= 0.3 is 5.97 Å². The van der Waals surface area contributed by atoms with E-state index in [0.29, 0.717) is 10.9 Å². The van der Waals surface area contributed by atoms with Gasteiger partial charge in [-0.2, -0.15) is 0 Å². The lowest BCUT2D eigenvalue weighted by Gasteiger charge is -2.33. The summed E-state index contributed by atoms with van der Waals surface area (Å²) in [6, 6.07) is 34.9. The zero-order valence-electron chi connectivity index (χ0n) is 23.5. The van der Waals surface area contributed by atoms with Crippen LogP contribution in [0.5, 0.6) is 5.75 Å². The second kappa shape index (κ2) is 13.3. The molecule has 0 atom stereocenters. The largest absolute Gasteiger partial charge is 0.494 e. The van der Waals surface area contributed by atoms with E-state index >= 15 is 0 Å². The van der Waals surface area contributed by atoms with Gasteiger partial charge in [-0.3, -0.25) is 0 Å². The molecular formula is C33H26N4O4S3. The molecule has 0 saturated carbocycles. The van der Waals surface area contributed by atoms with Crippen LogP contribution >= 0.6 is 34.7 Å². The van der Waals surface area contributed by atoms with Gasteiger partial charge in [-0.25, -0.2) is 14.8 Å². The maximum atomic E-state index is 13.6. The third kappa shape index (κ3) is 6.16. The van der Waals surface area contributed by atoms with Crippen molar-refractivity contribution in [2.45, 2.75) is 16.9 Å². The molecule has 0 fully saturated rings. The van der Waals surface area contributed by atoms with Gasteiger partial charge in [0.05, 0.1) is 16.8 Å². The van der Waals surface area contributed by atoms with Crippen molar-refractivity contribution in [2.75, 3.05) is 12.3 Å². The van der Waals surface area contributed by atoms with Gasteiger partial charge in [0.25, 0.3) is 0 Å². The minimum atomic E-state index is -1.20. The number of nitrogens with two attached hydrogens (primary N) is 1. The number of fused-ring (bicyclic) bond motifs is 1. The van der Waals surface area contributed by atoms with Gasteiger partial charge in [-0.1, -0.05) is 96.2 Å². The molecular weight excluding hydrogens is 613 g/mol. The van der Waals surface area contributed by atoms with E-state index < -0.39 is 11.6 Å². The van der Waals surface area contributed by atoms with Crippen LogP contribution in [0.1, 0.15) is 29.3 Å². The lowest BCUT2D eigenvalue weighted by atomic mass is 9.80. The third-order valence-electron chi connectivity index (χ3n) is 6.61. The van der Waals surface area contributed by atoms with Crippen LogP contribution in [0.25, 0.3) is 10.2 Å². The van der Waals surface area contributed by atoms with Crippen molar-refractivity contribution in [3.63, 3.8) is 0 Å². The highest BCUT2D eigenvalue weighted by molar-refractivity contribution is 7.97. The van der Waals surface area contributed by atoms with Gasteiger partial charge in [0.2, 0.25) is 11.3 Å². The molecule has 0 bridgehead atoms. The van der Waals surface area contributed by atoms with Gasteiger partial charge in [0.15, 0.2) is 9.47 Å². The SMILES string of the molecule is CCOc1ccc2nc(SOC(=O)/C(=N\OC(c3ccccc3)(c3ccccc3)c3ccccc3)c3csc(N)n3)sc2c1. The maximum Gasteiger partial charge on any atom is 0.375 e. The number of nitrogen functional groups attached to an aromatic ring is 1. The van der Waals surface area contributed by atoms with Gasteiger partial charge in [-0.05, 0) is 25.1 Å². The van der Waals surface area contributed by atoms with Crippen molar-refractivity contribution in [1.29, 1.82) is 0 Å². The number of carbonyl (C=O) groups excluding carboxylic acids is 1. The third-order valence-corrected chi connectivity index (χ3v) is 9.02. The molecule has 0 amide bonds. The Morgan fingerprint density at radius 3 is 2.05 bits per heavy atom. The normalized spacial score (nSPS) is 11.8.